The van der Waals surface area contributed by atoms with Crippen LogP contribution in [0.1, 0.15) is 56.5 Å². The summed E-state index contributed by atoms with van der Waals surface area (Å²) >= 11 is 0. The molecule has 140 valence electrons. The summed E-state index contributed by atoms with van der Waals surface area (Å²) in [6.45, 7) is 8.23. The van der Waals surface area contributed by atoms with Crippen LogP contribution in [0.2, 0.25) is 0 Å². The second-order valence-corrected chi connectivity index (χ2v) is 7.45. The number of carboxylic acids is 1. The highest BCUT2D eigenvalue weighted by Crippen LogP contribution is 2.38. The fourth-order valence-corrected chi connectivity index (χ4v) is 2.56. The molecule has 0 spiro atoms. The Hall–Kier alpha value is -1.96. The van der Waals surface area contributed by atoms with Crippen LogP contribution in [-0.4, -0.2) is 41.7 Å². The first kappa shape index (κ1) is 20.4. The zero-order valence-corrected chi connectivity index (χ0v) is 15.7. The number of hydrogen-bond donors (Lipinski definition) is 2. The van der Waals surface area contributed by atoms with Gasteiger partial charge in [0.15, 0.2) is 5.78 Å². The monoisotopic (exact) mass is 359 g/mol. The van der Waals surface area contributed by atoms with Gasteiger partial charge in [0.2, 0.25) is 0 Å². The third-order valence-electron chi connectivity index (χ3n) is 4.94. The van der Waals surface area contributed by atoms with Crippen LogP contribution >= 0.6 is 0 Å². The molecule has 1 aliphatic heterocycles. The predicted octanol–water partition coefficient (Wildman–Crippen LogP) is 2.71. The average molecular weight is 359 g/mol. The Morgan fingerprint density at radius 3 is 2.08 bits per heavy atom. The molecular weight excluding hydrogens is 333 g/mol. The van der Waals surface area contributed by atoms with E-state index in [-0.39, 0.29) is 25.2 Å². The smallest absolute Gasteiger partial charge is 0.481 e. The van der Waals surface area contributed by atoms with Crippen LogP contribution in [-0.2, 0) is 14.1 Å². The summed E-state index contributed by atoms with van der Waals surface area (Å²) in [5.74, 6) is -1.17. The van der Waals surface area contributed by atoms with Crippen molar-refractivity contribution < 1.29 is 24.0 Å². The van der Waals surface area contributed by atoms with E-state index >= 15 is 0 Å². The Morgan fingerprint density at radius 1 is 1.08 bits per heavy atom. The van der Waals surface area contributed by atoms with Crippen molar-refractivity contribution in [1.29, 1.82) is 0 Å². The number of carbonyl (C=O) groups is 2. The van der Waals surface area contributed by atoms with Crippen LogP contribution < -0.4 is 5.73 Å². The summed E-state index contributed by atoms with van der Waals surface area (Å²) in [5.41, 5.74) is 7.19. The number of rotatable bonds is 7. The number of Topliss-reactive ketones (excluding diaryl/α,β-unsaturated/α-hetero) is 1. The van der Waals surface area contributed by atoms with Crippen LogP contribution in [0.25, 0.3) is 6.08 Å². The Balaban J connectivity index is 2.12. The van der Waals surface area contributed by atoms with Crippen molar-refractivity contribution in [2.75, 3.05) is 6.54 Å². The quantitative estimate of drug-likeness (QED) is 0.574. The van der Waals surface area contributed by atoms with Gasteiger partial charge in [-0.1, -0.05) is 30.3 Å². The molecule has 1 saturated heterocycles. The minimum atomic E-state index is -0.979. The van der Waals surface area contributed by atoms with Crippen molar-refractivity contribution in [1.82, 2.24) is 0 Å². The van der Waals surface area contributed by atoms with Gasteiger partial charge in [0.1, 0.15) is 0 Å². The molecule has 0 aliphatic carbocycles. The summed E-state index contributed by atoms with van der Waals surface area (Å²) < 4.78 is 12.1. The van der Waals surface area contributed by atoms with Crippen molar-refractivity contribution in [2.24, 2.45) is 5.73 Å². The molecule has 0 radical (unpaired) electrons. The average Bonchev–Trinajstić information content (AvgIpc) is 2.78. The predicted molar refractivity (Wildman–Crippen MR) is 101 cm³/mol. The molecule has 1 heterocycles. The number of aliphatic carboxylic acids is 1. The lowest BCUT2D eigenvalue weighted by atomic mass is 9.77. The molecule has 3 N–H and O–H groups in total. The lowest BCUT2D eigenvalue weighted by molar-refractivity contribution is -0.136. The van der Waals surface area contributed by atoms with Gasteiger partial charge in [0.05, 0.1) is 17.6 Å². The molecule has 0 unspecified atom stereocenters. The molecule has 0 amide bonds. The number of carbonyl (C=O) groups excluding carboxylic acids is 1. The molecule has 1 aromatic rings. The molecular formula is C19H26BNO5. The highest BCUT2D eigenvalue weighted by atomic mass is 16.7. The van der Waals surface area contributed by atoms with Gasteiger partial charge in [-0.05, 0) is 38.7 Å². The minimum Gasteiger partial charge on any atom is -0.481 e. The van der Waals surface area contributed by atoms with Crippen molar-refractivity contribution >= 4 is 24.9 Å². The standard InChI is InChI=1S/C19H26BNO5/c1-18(2)19(3,4)26-20(25-18)15(12-21)11-13-5-7-14(8-6-13)16(22)9-10-17(23)24/h5-8,11H,9-10,12,21H2,1-4H3,(H,23,24). The van der Waals surface area contributed by atoms with Gasteiger partial charge in [0.25, 0.3) is 0 Å². The van der Waals surface area contributed by atoms with Gasteiger partial charge in [-0.3, -0.25) is 9.59 Å². The van der Waals surface area contributed by atoms with Gasteiger partial charge in [-0.15, -0.1) is 0 Å². The van der Waals surface area contributed by atoms with E-state index in [1.165, 1.54) is 0 Å². The molecule has 1 aliphatic rings. The van der Waals surface area contributed by atoms with Gasteiger partial charge >= 0.3 is 13.1 Å². The highest BCUT2D eigenvalue weighted by Gasteiger charge is 2.52. The second kappa shape index (κ2) is 7.74. The van der Waals surface area contributed by atoms with Crippen LogP contribution in [0.15, 0.2) is 29.7 Å². The van der Waals surface area contributed by atoms with E-state index in [4.69, 9.17) is 20.1 Å². The van der Waals surface area contributed by atoms with Crippen molar-refractivity contribution in [3.05, 3.63) is 40.9 Å². The number of nitrogens with two attached hydrogens (primary N) is 1. The van der Waals surface area contributed by atoms with E-state index < -0.39 is 24.3 Å². The summed E-state index contributed by atoms with van der Waals surface area (Å²) in [7, 11) is -0.512. The third-order valence-corrected chi connectivity index (χ3v) is 4.94. The number of carboxylic acid groups (broad SMARTS) is 1. The number of hydrogen-bond acceptors (Lipinski definition) is 5. The maximum Gasteiger partial charge on any atom is 0.491 e. The summed E-state index contributed by atoms with van der Waals surface area (Å²) in [5, 5.41) is 8.66. The fraction of sp³-hybridized carbons (Fsp3) is 0.474. The van der Waals surface area contributed by atoms with E-state index in [2.05, 4.69) is 0 Å². The third kappa shape index (κ3) is 4.61. The lowest BCUT2D eigenvalue weighted by Gasteiger charge is -2.32. The molecule has 0 bridgehead atoms. The van der Waals surface area contributed by atoms with Gasteiger partial charge in [0, 0.05) is 18.5 Å². The largest absolute Gasteiger partial charge is 0.491 e. The highest BCUT2D eigenvalue weighted by molar-refractivity contribution is 6.55. The number of benzene rings is 1. The molecule has 0 saturated carbocycles. The Kier molecular flexibility index (Phi) is 6.06. The maximum absolute atomic E-state index is 12.0. The molecule has 1 aromatic carbocycles. The molecule has 1 fully saturated rings. The van der Waals surface area contributed by atoms with Crippen LogP contribution in [0, 0.1) is 0 Å². The van der Waals surface area contributed by atoms with Crippen molar-refractivity contribution in [2.45, 2.75) is 51.7 Å². The molecule has 6 nitrogen and oxygen atoms in total. The topological polar surface area (TPSA) is 98.9 Å². The molecule has 2 rings (SSSR count). The first-order valence-corrected chi connectivity index (χ1v) is 8.67. The van der Waals surface area contributed by atoms with Crippen molar-refractivity contribution in [3.63, 3.8) is 0 Å². The molecule has 0 aromatic heterocycles. The van der Waals surface area contributed by atoms with Crippen molar-refractivity contribution in [3.8, 4) is 0 Å². The molecule has 26 heavy (non-hydrogen) atoms. The zero-order valence-electron chi connectivity index (χ0n) is 15.7. The van der Waals surface area contributed by atoms with Crippen LogP contribution in [0.4, 0.5) is 0 Å². The van der Waals surface area contributed by atoms with E-state index in [0.717, 1.165) is 11.0 Å². The molecule has 7 heteroatoms. The molecule has 0 atom stereocenters. The lowest BCUT2D eigenvalue weighted by Crippen LogP contribution is -2.41. The van der Waals surface area contributed by atoms with E-state index in [0.29, 0.717) is 5.56 Å². The van der Waals surface area contributed by atoms with Crippen LogP contribution in [0.3, 0.4) is 0 Å². The van der Waals surface area contributed by atoms with Gasteiger partial charge in [-0.25, -0.2) is 0 Å². The fourth-order valence-electron chi connectivity index (χ4n) is 2.56. The Bertz CT molecular complexity index is 693. The SMILES string of the molecule is CC1(C)OB(C(=Cc2ccc(C(=O)CCC(=O)O)cc2)CN)OC1(C)C. The minimum absolute atomic E-state index is 0.00745. The first-order chi connectivity index (χ1) is 12.1. The van der Waals surface area contributed by atoms with Crippen LogP contribution in [0.5, 0.6) is 0 Å². The summed E-state index contributed by atoms with van der Waals surface area (Å²) in [4.78, 5) is 22.5. The second-order valence-electron chi connectivity index (χ2n) is 7.45. The Labute approximate surface area is 154 Å². The summed E-state index contributed by atoms with van der Waals surface area (Å²) in [6.07, 6.45) is 1.72. The zero-order chi connectivity index (χ0) is 19.5. The Morgan fingerprint density at radius 2 is 1.62 bits per heavy atom. The van der Waals surface area contributed by atoms with E-state index in [9.17, 15) is 9.59 Å². The van der Waals surface area contributed by atoms with E-state index in [1.54, 1.807) is 24.3 Å². The maximum atomic E-state index is 12.0. The summed E-state index contributed by atoms with van der Waals surface area (Å²) in [6, 6.07) is 6.98. The number of ketones is 1. The normalized spacial score (nSPS) is 18.8. The first-order valence-electron chi connectivity index (χ1n) is 8.67. The van der Waals surface area contributed by atoms with E-state index in [1.807, 2.05) is 33.8 Å². The van der Waals surface area contributed by atoms with Gasteiger partial charge in [-0.2, -0.15) is 0 Å². The van der Waals surface area contributed by atoms with Gasteiger partial charge < -0.3 is 20.1 Å².